The fraction of sp³-hybridized carbons (Fsp3) is 0.316. The first-order valence-corrected chi connectivity index (χ1v) is 8.18. The van der Waals surface area contributed by atoms with E-state index in [0.717, 1.165) is 0 Å². The van der Waals surface area contributed by atoms with Gasteiger partial charge in [-0.1, -0.05) is 18.2 Å². The molecule has 0 saturated heterocycles. The van der Waals surface area contributed by atoms with E-state index in [1.54, 1.807) is 18.2 Å². The number of rotatable bonds is 7. The van der Waals surface area contributed by atoms with Crippen molar-refractivity contribution in [2.45, 2.75) is 38.2 Å². The first kappa shape index (κ1) is 21.6. The average molecular weight is 406 g/mol. The highest BCUT2D eigenvalue weighted by Crippen LogP contribution is 2.37. The van der Waals surface area contributed by atoms with E-state index in [4.69, 9.17) is 9.84 Å². The maximum Gasteiger partial charge on any atom is 0.416 e. The summed E-state index contributed by atoms with van der Waals surface area (Å²) in [6.07, 6.45) is -9.12. The Morgan fingerprint density at radius 3 is 2.21 bits per heavy atom. The second-order valence-electron chi connectivity index (χ2n) is 6.01. The number of alkyl halides is 6. The van der Waals surface area contributed by atoms with Crippen LogP contribution >= 0.6 is 0 Å². The molecule has 0 heterocycles. The Morgan fingerprint density at radius 1 is 0.929 bits per heavy atom. The van der Waals surface area contributed by atoms with E-state index < -0.39 is 41.6 Å². The van der Waals surface area contributed by atoms with Crippen molar-refractivity contribution in [3.8, 4) is 5.75 Å². The van der Waals surface area contributed by atoms with Gasteiger partial charge < -0.3 is 9.84 Å². The van der Waals surface area contributed by atoms with E-state index in [-0.39, 0.29) is 18.6 Å². The molecule has 0 aromatic heterocycles. The van der Waals surface area contributed by atoms with Crippen molar-refractivity contribution >= 4 is 5.97 Å². The van der Waals surface area contributed by atoms with Gasteiger partial charge >= 0.3 is 18.3 Å². The van der Waals surface area contributed by atoms with Gasteiger partial charge in [-0.3, -0.25) is 4.79 Å². The van der Waals surface area contributed by atoms with Crippen molar-refractivity contribution < 1.29 is 41.0 Å². The molecule has 2 aromatic rings. The van der Waals surface area contributed by atoms with Gasteiger partial charge in [0.15, 0.2) is 0 Å². The van der Waals surface area contributed by atoms with E-state index in [0.29, 0.717) is 30.2 Å². The monoisotopic (exact) mass is 406 g/mol. The Bertz CT molecular complexity index is 827. The summed E-state index contributed by atoms with van der Waals surface area (Å²) in [6, 6.07) is 7.49. The Balaban J connectivity index is 2.25. The zero-order valence-electron chi connectivity index (χ0n) is 14.4. The number of carboxylic acid groups (broad SMARTS) is 1. The zero-order chi connectivity index (χ0) is 20.9. The minimum atomic E-state index is -4.83. The van der Waals surface area contributed by atoms with E-state index in [9.17, 15) is 31.1 Å². The highest BCUT2D eigenvalue weighted by molar-refractivity contribution is 5.66. The summed E-state index contributed by atoms with van der Waals surface area (Å²) in [5.74, 6) is -0.796. The first-order chi connectivity index (χ1) is 13.0. The number of hydrogen-bond acceptors (Lipinski definition) is 2. The van der Waals surface area contributed by atoms with Crippen LogP contribution in [0.4, 0.5) is 26.3 Å². The van der Waals surface area contributed by atoms with Crippen LogP contribution < -0.4 is 4.74 Å². The SMILES string of the molecule is O=C(O)CCCc1ccccc1OCc1cc(C(F)(F)F)ccc1C(F)(F)F. The third kappa shape index (κ3) is 5.90. The summed E-state index contributed by atoms with van der Waals surface area (Å²) in [6.45, 7) is -0.714. The first-order valence-electron chi connectivity index (χ1n) is 8.18. The molecular weight excluding hydrogens is 390 g/mol. The van der Waals surface area contributed by atoms with Gasteiger partial charge in [-0.05, 0) is 42.7 Å². The van der Waals surface area contributed by atoms with Gasteiger partial charge in [-0.15, -0.1) is 0 Å². The van der Waals surface area contributed by atoms with Crippen LogP contribution in [0.1, 0.15) is 35.1 Å². The van der Waals surface area contributed by atoms with Crippen LogP contribution in [-0.2, 0) is 30.2 Å². The van der Waals surface area contributed by atoms with Crippen LogP contribution in [0.5, 0.6) is 5.75 Å². The second kappa shape index (κ2) is 8.53. The lowest BCUT2D eigenvalue weighted by molar-refractivity contribution is -0.142. The highest BCUT2D eigenvalue weighted by atomic mass is 19.4. The smallest absolute Gasteiger partial charge is 0.416 e. The van der Waals surface area contributed by atoms with Crippen LogP contribution in [0, 0.1) is 0 Å². The molecule has 0 aliphatic rings. The zero-order valence-corrected chi connectivity index (χ0v) is 14.4. The summed E-state index contributed by atoms with van der Waals surface area (Å²) < 4.78 is 83.3. The van der Waals surface area contributed by atoms with Crippen LogP contribution in [0.15, 0.2) is 42.5 Å². The Labute approximate surface area is 156 Å². The van der Waals surface area contributed by atoms with Crippen molar-refractivity contribution in [3.05, 3.63) is 64.7 Å². The van der Waals surface area contributed by atoms with E-state index >= 15 is 0 Å². The molecular formula is C19H16F6O3. The number of aryl methyl sites for hydroxylation is 1. The topological polar surface area (TPSA) is 46.5 Å². The Morgan fingerprint density at radius 2 is 1.61 bits per heavy atom. The predicted molar refractivity (Wildman–Crippen MR) is 87.8 cm³/mol. The molecule has 0 bridgehead atoms. The maximum atomic E-state index is 13.1. The van der Waals surface area contributed by atoms with E-state index in [1.807, 2.05) is 0 Å². The molecule has 2 rings (SSSR count). The van der Waals surface area contributed by atoms with Gasteiger partial charge in [0.2, 0.25) is 0 Å². The van der Waals surface area contributed by atoms with Crippen molar-refractivity contribution in [3.63, 3.8) is 0 Å². The molecule has 152 valence electrons. The third-order valence-corrected chi connectivity index (χ3v) is 3.93. The molecule has 1 N–H and O–H groups in total. The molecule has 0 aliphatic heterocycles. The molecule has 0 aliphatic carbocycles. The Hall–Kier alpha value is -2.71. The molecule has 0 atom stereocenters. The van der Waals surface area contributed by atoms with Crippen LogP contribution in [-0.4, -0.2) is 11.1 Å². The number of benzene rings is 2. The van der Waals surface area contributed by atoms with Crippen molar-refractivity contribution in [1.82, 2.24) is 0 Å². The van der Waals surface area contributed by atoms with Crippen LogP contribution in [0.3, 0.4) is 0 Å². The summed E-state index contributed by atoms with van der Waals surface area (Å²) >= 11 is 0. The average Bonchev–Trinajstić information content (AvgIpc) is 2.58. The molecule has 0 amide bonds. The van der Waals surface area contributed by atoms with Gasteiger partial charge in [0.25, 0.3) is 0 Å². The van der Waals surface area contributed by atoms with Crippen LogP contribution in [0.25, 0.3) is 0 Å². The fourth-order valence-corrected chi connectivity index (χ4v) is 2.60. The molecule has 0 fully saturated rings. The normalized spacial score (nSPS) is 12.1. The van der Waals surface area contributed by atoms with Crippen LogP contribution in [0.2, 0.25) is 0 Å². The molecule has 0 radical (unpaired) electrons. The minimum absolute atomic E-state index is 0.0970. The van der Waals surface area contributed by atoms with Crippen molar-refractivity contribution in [1.29, 1.82) is 0 Å². The molecule has 3 nitrogen and oxygen atoms in total. The largest absolute Gasteiger partial charge is 0.489 e. The predicted octanol–water partition coefficient (Wildman–Crippen LogP) is 5.71. The number of para-hydroxylation sites is 1. The van der Waals surface area contributed by atoms with Gasteiger partial charge in [-0.25, -0.2) is 0 Å². The second-order valence-corrected chi connectivity index (χ2v) is 6.01. The van der Waals surface area contributed by atoms with Gasteiger partial charge in [-0.2, -0.15) is 26.3 Å². The lowest BCUT2D eigenvalue weighted by Crippen LogP contribution is -2.14. The summed E-state index contributed by atoms with van der Waals surface area (Å²) in [4.78, 5) is 10.6. The number of aliphatic carboxylic acids is 1. The summed E-state index contributed by atoms with van der Waals surface area (Å²) in [7, 11) is 0. The number of carbonyl (C=O) groups is 1. The van der Waals surface area contributed by atoms with E-state index in [2.05, 4.69) is 0 Å². The van der Waals surface area contributed by atoms with Gasteiger partial charge in [0, 0.05) is 12.0 Å². The summed E-state index contributed by atoms with van der Waals surface area (Å²) in [5, 5.41) is 8.68. The lowest BCUT2D eigenvalue weighted by atomic mass is 10.0. The number of hydrogen-bond donors (Lipinski definition) is 1. The summed E-state index contributed by atoms with van der Waals surface area (Å²) in [5.41, 5.74) is -2.48. The molecule has 0 saturated carbocycles. The van der Waals surface area contributed by atoms with E-state index in [1.165, 1.54) is 6.07 Å². The standard InChI is InChI=1S/C19H16F6O3/c20-18(21,22)14-8-9-15(19(23,24)25)13(10-14)11-28-16-6-2-1-4-12(16)5-3-7-17(26)27/h1-2,4,6,8-10H,3,5,7,11H2,(H,26,27). The van der Waals surface area contributed by atoms with Crippen molar-refractivity contribution in [2.75, 3.05) is 0 Å². The van der Waals surface area contributed by atoms with Gasteiger partial charge in [0.05, 0.1) is 11.1 Å². The minimum Gasteiger partial charge on any atom is -0.489 e. The maximum absolute atomic E-state index is 13.1. The quantitative estimate of drug-likeness (QED) is 0.599. The Kier molecular flexibility index (Phi) is 6.58. The number of carboxylic acids is 1. The van der Waals surface area contributed by atoms with Gasteiger partial charge in [0.1, 0.15) is 12.4 Å². The number of ether oxygens (including phenoxy) is 1. The fourth-order valence-electron chi connectivity index (χ4n) is 2.60. The molecule has 2 aromatic carbocycles. The lowest BCUT2D eigenvalue weighted by Gasteiger charge is -2.17. The number of halogens is 6. The van der Waals surface area contributed by atoms with Crippen molar-refractivity contribution in [2.24, 2.45) is 0 Å². The molecule has 28 heavy (non-hydrogen) atoms. The molecule has 0 spiro atoms. The molecule has 0 unspecified atom stereocenters. The third-order valence-electron chi connectivity index (χ3n) is 3.93. The highest BCUT2D eigenvalue weighted by Gasteiger charge is 2.37. The molecule has 9 heteroatoms.